The molecule has 0 aliphatic rings. The van der Waals surface area contributed by atoms with Gasteiger partial charge in [0, 0.05) is 17.3 Å². The number of carbonyl (C=O) groups excluding carboxylic acids is 1. The van der Waals surface area contributed by atoms with E-state index in [9.17, 15) is 4.79 Å². The third-order valence-corrected chi connectivity index (χ3v) is 4.19. The Hall–Kier alpha value is -1.84. The average Bonchev–Trinajstić information content (AvgIpc) is 2.51. The zero-order chi connectivity index (χ0) is 16.1. The summed E-state index contributed by atoms with van der Waals surface area (Å²) in [7, 11) is 1.92. The van der Waals surface area contributed by atoms with Crippen molar-refractivity contribution in [1.29, 1.82) is 0 Å². The van der Waals surface area contributed by atoms with Crippen molar-refractivity contribution >= 4 is 23.2 Å². The SMILES string of the molecule is Cc1ccccc1NC(=O)C(C)N(C)Cc1ccccc1Cl. The van der Waals surface area contributed by atoms with E-state index in [4.69, 9.17) is 11.6 Å². The lowest BCUT2D eigenvalue weighted by atomic mass is 10.1. The third-order valence-electron chi connectivity index (χ3n) is 3.82. The highest BCUT2D eigenvalue weighted by molar-refractivity contribution is 6.31. The van der Waals surface area contributed by atoms with E-state index in [1.54, 1.807) is 0 Å². The van der Waals surface area contributed by atoms with Gasteiger partial charge in [0.2, 0.25) is 5.91 Å². The van der Waals surface area contributed by atoms with Crippen LogP contribution in [0.25, 0.3) is 0 Å². The van der Waals surface area contributed by atoms with Crippen molar-refractivity contribution in [3.8, 4) is 0 Å². The van der Waals surface area contributed by atoms with Crippen molar-refractivity contribution in [2.75, 3.05) is 12.4 Å². The summed E-state index contributed by atoms with van der Waals surface area (Å²) in [5, 5.41) is 3.70. The number of carbonyl (C=O) groups is 1. The minimum absolute atomic E-state index is 0.0242. The minimum Gasteiger partial charge on any atom is -0.324 e. The van der Waals surface area contributed by atoms with Crippen LogP contribution in [0.15, 0.2) is 48.5 Å². The van der Waals surface area contributed by atoms with Crippen LogP contribution >= 0.6 is 11.6 Å². The van der Waals surface area contributed by atoms with Crippen LogP contribution < -0.4 is 5.32 Å². The Balaban J connectivity index is 2.01. The quantitative estimate of drug-likeness (QED) is 0.900. The van der Waals surface area contributed by atoms with Gasteiger partial charge in [-0.25, -0.2) is 0 Å². The summed E-state index contributed by atoms with van der Waals surface area (Å²) in [6.07, 6.45) is 0. The fraction of sp³-hybridized carbons (Fsp3) is 0.278. The number of anilines is 1. The molecule has 0 bridgehead atoms. The van der Waals surface area contributed by atoms with Crippen LogP contribution in [0.1, 0.15) is 18.1 Å². The Labute approximate surface area is 136 Å². The number of hydrogen-bond acceptors (Lipinski definition) is 2. The minimum atomic E-state index is -0.254. The number of amides is 1. The molecule has 22 heavy (non-hydrogen) atoms. The number of rotatable bonds is 5. The number of benzene rings is 2. The number of halogens is 1. The molecule has 2 rings (SSSR count). The van der Waals surface area contributed by atoms with Gasteiger partial charge in [-0.2, -0.15) is 0 Å². The monoisotopic (exact) mass is 316 g/mol. The van der Waals surface area contributed by atoms with Crippen LogP contribution in [-0.2, 0) is 11.3 Å². The van der Waals surface area contributed by atoms with Gasteiger partial charge in [-0.15, -0.1) is 0 Å². The lowest BCUT2D eigenvalue weighted by Gasteiger charge is -2.24. The van der Waals surface area contributed by atoms with Crippen LogP contribution in [0.4, 0.5) is 5.69 Å². The summed E-state index contributed by atoms with van der Waals surface area (Å²) >= 11 is 6.18. The van der Waals surface area contributed by atoms with Crippen molar-refractivity contribution in [2.45, 2.75) is 26.4 Å². The summed E-state index contributed by atoms with van der Waals surface area (Å²) in [6.45, 7) is 4.50. The highest BCUT2D eigenvalue weighted by Crippen LogP contribution is 2.18. The van der Waals surface area contributed by atoms with Gasteiger partial charge in [0.05, 0.1) is 6.04 Å². The molecule has 0 saturated heterocycles. The topological polar surface area (TPSA) is 32.3 Å². The lowest BCUT2D eigenvalue weighted by Crippen LogP contribution is -2.39. The molecule has 0 aliphatic heterocycles. The Morgan fingerprint density at radius 1 is 1.18 bits per heavy atom. The molecule has 3 nitrogen and oxygen atoms in total. The summed E-state index contributed by atoms with van der Waals surface area (Å²) in [6, 6.07) is 15.2. The molecule has 4 heteroatoms. The van der Waals surface area contributed by atoms with Gasteiger partial charge in [0.15, 0.2) is 0 Å². The van der Waals surface area contributed by atoms with E-state index < -0.39 is 0 Å². The van der Waals surface area contributed by atoms with Crippen molar-refractivity contribution in [1.82, 2.24) is 4.90 Å². The predicted molar refractivity (Wildman–Crippen MR) is 92.2 cm³/mol. The van der Waals surface area contributed by atoms with E-state index in [1.165, 1.54) is 0 Å². The first-order valence-electron chi connectivity index (χ1n) is 7.29. The molecule has 2 aromatic rings. The maximum Gasteiger partial charge on any atom is 0.241 e. The van der Waals surface area contributed by atoms with Gasteiger partial charge >= 0.3 is 0 Å². The molecule has 1 unspecified atom stereocenters. The van der Waals surface area contributed by atoms with Crippen LogP contribution in [0, 0.1) is 6.92 Å². The fourth-order valence-corrected chi connectivity index (χ4v) is 2.38. The smallest absolute Gasteiger partial charge is 0.241 e. The van der Waals surface area contributed by atoms with Crippen molar-refractivity contribution < 1.29 is 4.79 Å². The zero-order valence-corrected chi connectivity index (χ0v) is 13.9. The molecule has 0 aromatic heterocycles. The molecule has 1 N–H and O–H groups in total. The highest BCUT2D eigenvalue weighted by Gasteiger charge is 2.19. The van der Waals surface area contributed by atoms with Gasteiger partial charge in [-0.3, -0.25) is 9.69 Å². The molecule has 0 radical (unpaired) electrons. The number of para-hydroxylation sites is 1. The predicted octanol–water partition coefficient (Wildman–Crippen LogP) is 4.11. The molecular formula is C18H21ClN2O. The molecule has 1 amide bonds. The van der Waals surface area contributed by atoms with E-state index in [2.05, 4.69) is 5.32 Å². The van der Waals surface area contributed by atoms with Crippen molar-refractivity contribution in [3.05, 3.63) is 64.7 Å². The molecule has 1 atom stereocenters. The number of nitrogens with zero attached hydrogens (tertiary/aromatic N) is 1. The first-order chi connectivity index (χ1) is 10.5. The summed E-state index contributed by atoms with van der Waals surface area (Å²) in [5.41, 5.74) is 2.92. The summed E-state index contributed by atoms with van der Waals surface area (Å²) in [4.78, 5) is 14.4. The fourth-order valence-electron chi connectivity index (χ4n) is 2.18. The van der Waals surface area contributed by atoms with Crippen molar-refractivity contribution in [3.63, 3.8) is 0 Å². The Kier molecular flexibility index (Phi) is 5.58. The van der Waals surface area contributed by atoms with Gasteiger partial charge in [-0.05, 0) is 44.2 Å². The molecule has 116 valence electrons. The molecule has 2 aromatic carbocycles. The molecule has 0 aliphatic carbocycles. The molecule has 0 spiro atoms. The second kappa shape index (κ2) is 7.43. The van der Waals surface area contributed by atoms with Gasteiger partial charge in [0.25, 0.3) is 0 Å². The highest BCUT2D eigenvalue weighted by atomic mass is 35.5. The van der Waals surface area contributed by atoms with Gasteiger partial charge < -0.3 is 5.32 Å². The molecule has 0 saturated carbocycles. The Morgan fingerprint density at radius 2 is 1.82 bits per heavy atom. The maximum absolute atomic E-state index is 12.4. The second-order valence-corrected chi connectivity index (χ2v) is 5.89. The van der Waals surface area contributed by atoms with Crippen LogP contribution in [-0.4, -0.2) is 23.9 Å². The number of likely N-dealkylation sites (N-methyl/N-ethyl adjacent to an activating group) is 1. The third kappa shape index (κ3) is 4.09. The molecular weight excluding hydrogens is 296 g/mol. The maximum atomic E-state index is 12.4. The molecule has 0 fully saturated rings. The second-order valence-electron chi connectivity index (χ2n) is 5.49. The van der Waals surface area contributed by atoms with E-state index in [-0.39, 0.29) is 11.9 Å². The van der Waals surface area contributed by atoms with Crippen LogP contribution in [0.3, 0.4) is 0 Å². The lowest BCUT2D eigenvalue weighted by molar-refractivity contribution is -0.120. The summed E-state index contributed by atoms with van der Waals surface area (Å²) < 4.78 is 0. The zero-order valence-electron chi connectivity index (χ0n) is 13.1. The first-order valence-corrected chi connectivity index (χ1v) is 7.67. The first kappa shape index (κ1) is 16.5. The number of hydrogen-bond donors (Lipinski definition) is 1. The Morgan fingerprint density at radius 3 is 2.50 bits per heavy atom. The van der Waals surface area contributed by atoms with Crippen molar-refractivity contribution in [2.24, 2.45) is 0 Å². The summed E-state index contributed by atoms with van der Waals surface area (Å²) in [5.74, 6) is -0.0242. The largest absolute Gasteiger partial charge is 0.324 e. The Bertz CT molecular complexity index is 657. The van der Waals surface area contributed by atoms with Crippen LogP contribution in [0.2, 0.25) is 5.02 Å². The van der Waals surface area contributed by atoms with Crippen LogP contribution in [0.5, 0.6) is 0 Å². The van der Waals surface area contributed by atoms with Gasteiger partial charge in [0.1, 0.15) is 0 Å². The van der Waals surface area contributed by atoms with Gasteiger partial charge in [-0.1, -0.05) is 48.0 Å². The standard InChI is InChI=1S/C18H21ClN2O/c1-13-8-4-7-11-17(13)20-18(22)14(2)21(3)12-15-9-5-6-10-16(15)19/h4-11,14H,12H2,1-3H3,(H,20,22). The van der Waals surface area contributed by atoms with E-state index in [0.717, 1.165) is 21.8 Å². The van der Waals surface area contributed by atoms with E-state index in [1.807, 2.05) is 74.3 Å². The average molecular weight is 317 g/mol. The van der Waals surface area contributed by atoms with E-state index in [0.29, 0.717) is 6.54 Å². The van der Waals surface area contributed by atoms with E-state index >= 15 is 0 Å². The number of nitrogens with one attached hydrogen (secondary N) is 1. The number of aryl methyl sites for hydroxylation is 1. The molecule has 0 heterocycles. The normalized spacial score (nSPS) is 12.2.